The van der Waals surface area contributed by atoms with Crippen molar-refractivity contribution < 1.29 is 5.11 Å². The maximum Gasteiger partial charge on any atom is 0.0774 e. The SMILES string of the molecule is CC(O)(CC1CCC1)C1CCCCCN1. The molecular weight excluding hydrogens is 186 g/mol. The molecule has 15 heavy (non-hydrogen) atoms. The molecule has 0 bridgehead atoms. The van der Waals surface area contributed by atoms with Crippen LogP contribution in [0.15, 0.2) is 0 Å². The molecule has 1 aliphatic heterocycles. The lowest BCUT2D eigenvalue weighted by Crippen LogP contribution is -2.50. The molecule has 2 nitrogen and oxygen atoms in total. The summed E-state index contributed by atoms with van der Waals surface area (Å²) >= 11 is 0. The molecule has 2 atom stereocenters. The average molecular weight is 211 g/mol. The van der Waals surface area contributed by atoms with E-state index in [-0.39, 0.29) is 0 Å². The monoisotopic (exact) mass is 211 g/mol. The van der Waals surface area contributed by atoms with Gasteiger partial charge in [0.05, 0.1) is 5.60 Å². The van der Waals surface area contributed by atoms with Gasteiger partial charge in [-0.15, -0.1) is 0 Å². The van der Waals surface area contributed by atoms with Crippen LogP contribution in [0.25, 0.3) is 0 Å². The van der Waals surface area contributed by atoms with Crippen molar-refractivity contribution in [1.29, 1.82) is 0 Å². The first-order valence-corrected chi connectivity index (χ1v) is 6.64. The second-order valence-electron chi connectivity index (χ2n) is 5.71. The minimum absolute atomic E-state index is 0.334. The van der Waals surface area contributed by atoms with E-state index in [1.165, 1.54) is 38.5 Å². The summed E-state index contributed by atoms with van der Waals surface area (Å²) in [6.45, 7) is 3.12. The molecule has 0 spiro atoms. The minimum Gasteiger partial charge on any atom is -0.389 e. The van der Waals surface area contributed by atoms with Crippen LogP contribution in [0.5, 0.6) is 0 Å². The molecule has 2 N–H and O–H groups in total. The lowest BCUT2D eigenvalue weighted by molar-refractivity contribution is -0.0149. The topological polar surface area (TPSA) is 32.3 Å². The van der Waals surface area contributed by atoms with Crippen LogP contribution < -0.4 is 5.32 Å². The Morgan fingerprint density at radius 3 is 2.60 bits per heavy atom. The Kier molecular flexibility index (Phi) is 3.68. The molecule has 1 saturated carbocycles. The maximum absolute atomic E-state index is 10.5. The number of rotatable bonds is 3. The molecule has 1 saturated heterocycles. The van der Waals surface area contributed by atoms with Crippen molar-refractivity contribution >= 4 is 0 Å². The number of hydrogen-bond donors (Lipinski definition) is 2. The molecule has 2 aliphatic rings. The third-order valence-corrected chi connectivity index (χ3v) is 4.24. The van der Waals surface area contributed by atoms with Gasteiger partial charge >= 0.3 is 0 Å². The molecule has 0 radical (unpaired) electrons. The lowest BCUT2D eigenvalue weighted by atomic mass is 9.75. The largest absolute Gasteiger partial charge is 0.389 e. The summed E-state index contributed by atoms with van der Waals surface area (Å²) in [6.07, 6.45) is 10.1. The van der Waals surface area contributed by atoms with Gasteiger partial charge in [0.1, 0.15) is 0 Å². The first-order valence-electron chi connectivity index (χ1n) is 6.64. The Bertz CT molecular complexity index is 191. The fraction of sp³-hybridized carbons (Fsp3) is 1.00. The highest BCUT2D eigenvalue weighted by Crippen LogP contribution is 2.36. The van der Waals surface area contributed by atoms with Crippen LogP contribution in [0.2, 0.25) is 0 Å². The van der Waals surface area contributed by atoms with Crippen LogP contribution in [0.4, 0.5) is 0 Å². The van der Waals surface area contributed by atoms with Crippen LogP contribution in [0.1, 0.15) is 58.3 Å². The van der Waals surface area contributed by atoms with Crippen molar-refractivity contribution in [3.63, 3.8) is 0 Å². The van der Waals surface area contributed by atoms with Crippen LogP contribution >= 0.6 is 0 Å². The lowest BCUT2D eigenvalue weighted by Gasteiger charge is -2.38. The third-order valence-electron chi connectivity index (χ3n) is 4.24. The number of hydrogen-bond acceptors (Lipinski definition) is 2. The Hall–Kier alpha value is -0.0800. The number of aliphatic hydroxyl groups is 1. The summed E-state index contributed by atoms with van der Waals surface area (Å²) in [7, 11) is 0. The Balaban J connectivity index is 1.86. The van der Waals surface area contributed by atoms with Gasteiger partial charge < -0.3 is 10.4 Å². The highest BCUT2D eigenvalue weighted by atomic mass is 16.3. The molecule has 0 amide bonds. The zero-order chi connectivity index (χ0) is 10.7. The van der Waals surface area contributed by atoms with Crippen molar-refractivity contribution in [2.24, 2.45) is 5.92 Å². The zero-order valence-electron chi connectivity index (χ0n) is 9.97. The van der Waals surface area contributed by atoms with Crippen molar-refractivity contribution in [2.75, 3.05) is 6.54 Å². The van der Waals surface area contributed by atoms with Gasteiger partial charge in [0.2, 0.25) is 0 Å². The first-order chi connectivity index (χ1) is 7.18. The Morgan fingerprint density at radius 2 is 1.93 bits per heavy atom. The van der Waals surface area contributed by atoms with Gasteiger partial charge in [-0.05, 0) is 38.6 Å². The normalized spacial score (nSPS) is 32.8. The van der Waals surface area contributed by atoms with E-state index in [4.69, 9.17) is 0 Å². The fourth-order valence-corrected chi connectivity index (χ4v) is 2.98. The molecule has 0 aromatic heterocycles. The summed E-state index contributed by atoms with van der Waals surface area (Å²) in [5, 5.41) is 14.1. The number of nitrogens with one attached hydrogen (secondary N) is 1. The predicted molar refractivity (Wildman–Crippen MR) is 62.8 cm³/mol. The van der Waals surface area contributed by atoms with Crippen molar-refractivity contribution in [2.45, 2.75) is 69.9 Å². The summed E-state index contributed by atoms with van der Waals surface area (Å²) in [6, 6.07) is 0.334. The van der Waals surface area contributed by atoms with Crippen LogP contribution in [-0.2, 0) is 0 Å². The molecule has 2 rings (SSSR count). The summed E-state index contributed by atoms with van der Waals surface area (Å²) in [5.41, 5.74) is -0.477. The first kappa shape index (κ1) is 11.4. The molecule has 2 heteroatoms. The van der Waals surface area contributed by atoms with Crippen LogP contribution in [-0.4, -0.2) is 23.3 Å². The fourth-order valence-electron chi connectivity index (χ4n) is 2.98. The molecule has 0 aromatic rings. The predicted octanol–water partition coefficient (Wildman–Crippen LogP) is 2.46. The van der Waals surface area contributed by atoms with Gasteiger partial charge in [0, 0.05) is 6.04 Å². The van der Waals surface area contributed by atoms with E-state index in [9.17, 15) is 5.11 Å². The van der Waals surface area contributed by atoms with E-state index >= 15 is 0 Å². The van der Waals surface area contributed by atoms with Gasteiger partial charge in [-0.1, -0.05) is 32.1 Å². The van der Waals surface area contributed by atoms with Gasteiger partial charge in [0.25, 0.3) is 0 Å². The van der Waals surface area contributed by atoms with E-state index < -0.39 is 5.60 Å². The van der Waals surface area contributed by atoms with Crippen molar-refractivity contribution in [1.82, 2.24) is 5.32 Å². The summed E-state index contributed by atoms with van der Waals surface area (Å²) in [4.78, 5) is 0. The Labute approximate surface area is 93.5 Å². The van der Waals surface area contributed by atoms with E-state index in [0.717, 1.165) is 25.3 Å². The van der Waals surface area contributed by atoms with E-state index in [0.29, 0.717) is 6.04 Å². The van der Waals surface area contributed by atoms with Crippen molar-refractivity contribution in [3.05, 3.63) is 0 Å². The third kappa shape index (κ3) is 2.94. The molecule has 0 aromatic carbocycles. The molecular formula is C13H25NO. The molecule has 1 aliphatic carbocycles. The summed E-state index contributed by atoms with van der Waals surface area (Å²) in [5.74, 6) is 0.796. The smallest absolute Gasteiger partial charge is 0.0774 e. The average Bonchev–Trinajstić information content (AvgIpc) is 2.40. The molecule has 2 fully saturated rings. The van der Waals surface area contributed by atoms with Gasteiger partial charge in [-0.25, -0.2) is 0 Å². The Morgan fingerprint density at radius 1 is 1.13 bits per heavy atom. The molecule has 1 heterocycles. The van der Waals surface area contributed by atoms with Gasteiger partial charge in [0.15, 0.2) is 0 Å². The standard InChI is InChI=1S/C13H25NO/c1-13(15,10-11-6-5-7-11)12-8-3-2-4-9-14-12/h11-12,14-15H,2-10H2,1H3. The van der Waals surface area contributed by atoms with E-state index in [1.807, 2.05) is 6.92 Å². The van der Waals surface area contributed by atoms with Gasteiger partial charge in [-0.3, -0.25) is 0 Å². The summed E-state index contributed by atoms with van der Waals surface area (Å²) < 4.78 is 0. The van der Waals surface area contributed by atoms with Crippen LogP contribution in [0.3, 0.4) is 0 Å². The maximum atomic E-state index is 10.5. The quantitative estimate of drug-likeness (QED) is 0.751. The van der Waals surface area contributed by atoms with Gasteiger partial charge in [-0.2, -0.15) is 0 Å². The highest BCUT2D eigenvalue weighted by molar-refractivity contribution is 4.92. The van der Waals surface area contributed by atoms with Crippen molar-refractivity contribution in [3.8, 4) is 0 Å². The minimum atomic E-state index is -0.477. The van der Waals surface area contributed by atoms with Crippen LogP contribution in [0, 0.1) is 5.92 Å². The van der Waals surface area contributed by atoms with E-state index in [1.54, 1.807) is 0 Å². The highest BCUT2D eigenvalue weighted by Gasteiger charge is 2.35. The second kappa shape index (κ2) is 4.84. The molecule has 88 valence electrons. The molecule has 2 unspecified atom stereocenters. The van der Waals surface area contributed by atoms with E-state index in [2.05, 4.69) is 5.32 Å². The second-order valence-corrected chi connectivity index (χ2v) is 5.71. The zero-order valence-corrected chi connectivity index (χ0v) is 9.97.